The van der Waals surface area contributed by atoms with Gasteiger partial charge in [0.1, 0.15) is 18.2 Å². The summed E-state index contributed by atoms with van der Waals surface area (Å²) in [6.45, 7) is 1.40. The van der Waals surface area contributed by atoms with Gasteiger partial charge in [-0.3, -0.25) is 9.59 Å². The maximum absolute atomic E-state index is 14.1. The number of nitrogens with zero attached hydrogens (tertiary/aromatic N) is 3. The van der Waals surface area contributed by atoms with Crippen LogP contribution in [0, 0.1) is 11.7 Å². The summed E-state index contributed by atoms with van der Waals surface area (Å²) < 4.78 is 21.5. The molecule has 3 aromatic carbocycles. The van der Waals surface area contributed by atoms with Crippen LogP contribution < -0.4 is 10.3 Å². The number of benzene rings is 3. The predicted molar refractivity (Wildman–Crippen MR) is 151 cm³/mol. The maximum Gasteiger partial charge on any atom is 0.316 e. The van der Waals surface area contributed by atoms with Crippen LogP contribution in [0.1, 0.15) is 64.6 Å². The van der Waals surface area contributed by atoms with E-state index in [2.05, 4.69) is 17.1 Å². The normalized spacial score (nSPS) is 16.1. The van der Waals surface area contributed by atoms with Gasteiger partial charge >= 0.3 is 5.56 Å². The van der Waals surface area contributed by atoms with E-state index in [1.54, 1.807) is 17.0 Å². The standard InChI is InChI=1S/C33H32FN3O3/c34-27-17-15-23(16-18-27)21-36-19-20-37-29(33(36)39)30(40-22-24-9-3-1-4-10-24)32(38)35-31(37)28(26-13-7-8-14-26)25-11-5-2-6-12-25/h1-6,9-12,15-18,26,28H,7-8,13-14,19-22H2. The minimum atomic E-state index is -0.520. The van der Waals surface area contributed by atoms with Gasteiger partial charge in [-0.05, 0) is 47.6 Å². The molecular weight excluding hydrogens is 505 g/mol. The monoisotopic (exact) mass is 537 g/mol. The Morgan fingerprint density at radius 3 is 2.23 bits per heavy atom. The molecule has 6 rings (SSSR count). The summed E-state index contributed by atoms with van der Waals surface area (Å²) in [7, 11) is 0. The van der Waals surface area contributed by atoms with E-state index in [1.165, 1.54) is 12.1 Å². The molecule has 4 aromatic rings. The van der Waals surface area contributed by atoms with Crippen LogP contribution in [0.25, 0.3) is 0 Å². The number of aromatic nitrogens is 2. The van der Waals surface area contributed by atoms with Gasteiger partial charge in [-0.2, -0.15) is 4.98 Å². The largest absolute Gasteiger partial charge is 0.481 e. The summed E-state index contributed by atoms with van der Waals surface area (Å²) in [6, 6.07) is 25.9. The molecule has 1 atom stereocenters. The van der Waals surface area contributed by atoms with Crippen LogP contribution in [-0.2, 0) is 19.7 Å². The molecule has 204 valence electrons. The maximum atomic E-state index is 14.1. The van der Waals surface area contributed by atoms with Crippen LogP contribution in [0.4, 0.5) is 4.39 Å². The Labute approximate surface area is 233 Å². The molecule has 2 heterocycles. The molecular formula is C33H32FN3O3. The van der Waals surface area contributed by atoms with Crippen molar-refractivity contribution in [1.29, 1.82) is 0 Å². The molecule has 0 N–H and O–H groups in total. The van der Waals surface area contributed by atoms with Gasteiger partial charge in [-0.15, -0.1) is 0 Å². The number of carbonyl (C=O) groups excluding carboxylic acids is 1. The van der Waals surface area contributed by atoms with Crippen LogP contribution in [0.15, 0.2) is 89.7 Å². The van der Waals surface area contributed by atoms with Gasteiger partial charge in [0.25, 0.3) is 5.91 Å². The van der Waals surface area contributed by atoms with E-state index in [0.717, 1.165) is 42.4 Å². The molecule has 0 saturated heterocycles. The lowest BCUT2D eigenvalue weighted by Crippen LogP contribution is -2.44. The first-order valence-corrected chi connectivity index (χ1v) is 14.0. The third kappa shape index (κ3) is 5.28. The molecule has 1 fully saturated rings. The van der Waals surface area contributed by atoms with Gasteiger partial charge in [-0.25, -0.2) is 4.39 Å². The minimum absolute atomic E-state index is 0.0142. The van der Waals surface area contributed by atoms with E-state index in [0.29, 0.717) is 31.4 Å². The number of hydrogen-bond donors (Lipinski definition) is 0. The first kappa shape index (κ1) is 26.0. The third-order valence-corrected chi connectivity index (χ3v) is 8.08. The van der Waals surface area contributed by atoms with Crippen molar-refractivity contribution < 1.29 is 13.9 Å². The van der Waals surface area contributed by atoms with Crippen LogP contribution >= 0.6 is 0 Å². The average molecular weight is 538 g/mol. The van der Waals surface area contributed by atoms with Crippen LogP contribution in [0.5, 0.6) is 5.75 Å². The Hall–Kier alpha value is -4.26. The number of ether oxygens (including phenoxy) is 1. The number of carbonyl (C=O) groups is 1. The molecule has 1 aromatic heterocycles. The number of halogens is 1. The van der Waals surface area contributed by atoms with Gasteiger partial charge in [-0.1, -0.05) is 85.6 Å². The van der Waals surface area contributed by atoms with Crippen molar-refractivity contribution in [3.05, 3.63) is 129 Å². The Bertz CT molecular complexity index is 1530. The molecule has 1 aliphatic heterocycles. The third-order valence-electron chi connectivity index (χ3n) is 8.08. The predicted octanol–water partition coefficient (Wildman–Crippen LogP) is 5.94. The highest BCUT2D eigenvalue weighted by Gasteiger charge is 2.37. The van der Waals surface area contributed by atoms with Crippen molar-refractivity contribution >= 4 is 5.91 Å². The molecule has 1 unspecified atom stereocenters. The van der Waals surface area contributed by atoms with E-state index in [4.69, 9.17) is 4.74 Å². The molecule has 6 nitrogen and oxygen atoms in total. The fourth-order valence-corrected chi connectivity index (χ4v) is 6.11. The lowest BCUT2D eigenvalue weighted by Gasteiger charge is -2.34. The number of hydrogen-bond acceptors (Lipinski definition) is 4. The minimum Gasteiger partial charge on any atom is -0.481 e. The zero-order valence-electron chi connectivity index (χ0n) is 22.3. The Kier molecular flexibility index (Phi) is 7.45. The zero-order valence-corrected chi connectivity index (χ0v) is 22.3. The van der Waals surface area contributed by atoms with Gasteiger partial charge in [0.05, 0.1) is 0 Å². The smallest absolute Gasteiger partial charge is 0.316 e. The second kappa shape index (κ2) is 11.5. The quantitative estimate of drug-likeness (QED) is 0.279. The van der Waals surface area contributed by atoms with Crippen molar-refractivity contribution in [2.24, 2.45) is 5.92 Å². The van der Waals surface area contributed by atoms with Crippen molar-refractivity contribution in [3.63, 3.8) is 0 Å². The Morgan fingerprint density at radius 1 is 0.850 bits per heavy atom. The zero-order chi connectivity index (χ0) is 27.5. The van der Waals surface area contributed by atoms with Gasteiger partial charge < -0.3 is 14.2 Å². The van der Waals surface area contributed by atoms with E-state index >= 15 is 0 Å². The fourth-order valence-electron chi connectivity index (χ4n) is 6.11. The average Bonchev–Trinajstić information content (AvgIpc) is 3.51. The van der Waals surface area contributed by atoms with Crippen molar-refractivity contribution in [2.45, 2.75) is 51.3 Å². The summed E-state index contributed by atoms with van der Waals surface area (Å²) in [5.74, 6) is 0.276. The lowest BCUT2D eigenvalue weighted by molar-refractivity contribution is 0.0674. The highest BCUT2D eigenvalue weighted by Crippen LogP contribution is 2.41. The van der Waals surface area contributed by atoms with Crippen LogP contribution in [0.2, 0.25) is 0 Å². The highest BCUT2D eigenvalue weighted by molar-refractivity contribution is 5.95. The van der Waals surface area contributed by atoms with E-state index < -0.39 is 5.56 Å². The number of fused-ring (bicyclic) bond motifs is 1. The van der Waals surface area contributed by atoms with Crippen molar-refractivity contribution in [2.75, 3.05) is 6.54 Å². The topological polar surface area (TPSA) is 64.4 Å². The van der Waals surface area contributed by atoms with Gasteiger partial charge in [0, 0.05) is 25.6 Å². The van der Waals surface area contributed by atoms with E-state index in [-0.39, 0.29) is 35.7 Å². The summed E-state index contributed by atoms with van der Waals surface area (Å²) in [6.07, 6.45) is 4.41. The molecule has 7 heteroatoms. The molecule has 0 spiro atoms. The Balaban J connectivity index is 1.44. The summed E-state index contributed by atoms with van der Waals surface area (Å²) in [4.78, 5) is 34.1. The van der Waals surface area contributed by atoms with Gasteiger partial charge in [0.15, 0.2) is 5.69 Å². The summed E-state index contributed by atoms with van der Waals surface area (Å²) in [5, 5.41) is 0. The van der Waals surface area contributed by atoms with Crippen LogP contribution in [-0.4, -0.2) is 26.9 Å². The second-order valence-electron chi connectivity index (χ2n) is 10.7. The Morgan fingerprint density at radius 2 is 1.52 bits per heavy atom. The molecule has 1 aliphatic carbocycles. The molecule has 1 amide bonds. The first-order valence-electron chi connectivity index (χ1n) is 14.0. The second-order valence-corrected chi connectivity index (χ2v) is 10.7. The summed E-state index contributed by atoms with van der Waals surface area (Å²) in [5.41, 5.74) is 2.55. The van der Waals surface area contributed by atoms with Gasteiger partial charge in [0.2, 0.25) is 5.75 Å². The molecule has 0 bridgehead atoms. The SMILES string of the molecule is O=C1c2c(OCc3ccccc3)c(=O)nc(C(c3ccccc3)C3CCCC3)n2CCN1Cc1ccc(F)cc1. The first-order chi connectivity index (χ1) is 19.6. The number of amides is 1. The molecule has 2 aliphatic rings. The fraction of sp³-hybridized carbons (Fsp3) is 0.303. The van der Waals surface area contributed by atoms with Crippen LogP contribution in [0.3, 0.4) is 0 Å². The molecule has 40 heavy (non-hydrogen) atoms. The van der Waals surface area contributed by atoms with Crippen molar-refractivity contribution in [1.82, 2.24) is 14.5 Å². The lowest BCUT2D eigenvalue weighted by atomic mass is 9.83. The van der Waals surface area contributed by atoms with E-state index in [9.17, 15) is 14.0 Å². The van der Waals surface area contributed by atoms with E-state index in [1.807, 2.05) is 53.1 Å². The number of rotatable bonds is 8. The molecule has 1 saturated carbocycles. The summed E-state index contributed by atoms with van der Waals surface area (Å²) >= 11 is 0. The molecule has 0 radical (unpaired) electrons. The van der Waals surface area contributed by atoms with Crippen molar-refractivity contribution in [3.8, 4) is 5.75 Å². The highest BCUT2D eigenvalue weighted by atomic mass is 19.1.